The van der Waals surface area contributed by atoms with Crippen molar-refractivity contribution in [3.8, 4) is 0 Å². The van der Waals surface area contributed by atoms with E-state index in [1.807, 2.05) is 25.1 Å². The van der Waals surface area contributed by atoms with Crippen molar-refractivity contribution in [2.45, 2.75) is 19.9 Å². The molecule has 5 heteroatoms. The molecule has 0 aliphatic rings. The summed E-state index contributed by atoms with van der Waals surface area (Å²) < 4.78 is 0.889. The van der Waals surface area contributed by atoms with Crippen LogP contribution in [0.25, 0.3) is 0 Å². The number of rotatable bonds is 3. The number of aryl methyl sites for hydroxylation is 1. The molecule has 0 radical (unpaired) electrons. The van der Waals surface area contributed by atoms with Crippen molar-refractivity contribution in [2.75, 3.05) is 5.32 Å². The Morgan fingerprint density at radius 2 is 2.24 bits per heavy atom. The molecule has 17 heavy (non-hydrogen) atoms. The van der Waals surface area contributed by atoms with Gasteiger partial charge in [-0.2, -0.15) is 0 Å². The molecule has 1 aromatic carbocycles. The number of hydrogen-bond donors (Lipinski definition) is 1. The van der Waals surface area contributed by atoms with Crippen LogP contribution >= 0.6 is 38.9 Å². The lowest BCUT2D eigenvalue weighted by Gasteiger charge is -2.15. The Bertz CT molecular complexity index is 527. The largest absolute Gasteiger partial charge is 0.376 e. The average molecular weight is 332 g/mol. The summed E-state index contributed by atoms with van der Waals surface area (Å²) >= 11 is 11.2. The Labute approximate surface area is 118 Å². The Kier molecular flexibility index (Phi) is 4.07. The van der Waals surface area contributed by atoms with Gasteiger partial charge in [0.2, 0.25) is 0 Å². The summed E-state index contributed by atoms with van der Waals surface area (Å²) in [7, 11) is 0. The monoisotopic (exact) mass is 330 g/mol. The second-order valence-electron chi connectivity index (χ2n) is 3.76. The Morgan fingerprint density at radius 1 is 1.47 bits per heavy atom. The van der Waals surface area contributed by atoms with Gasteiger partial charge in [0.1, 0.15) is 0 Å². The van der Waals surface area contributed by atoms with E-state index in [-0.39, 0.29) is 6.04 Å². The zero-order valence-electron chi connectivity index (χ0n) is 9.50. The molecule has 0 bridgehead atoms. The highest BCUT2D eigenvalue weighted by Gasteiger charge is 2.11. The number of halogens is 2. The highest BCUT2D eigenvalue weighted by atomic mass is 79.9. The zero-order chi connectivity index (χ0) is 12.4. The molecule has 1 unspecified atom stereocenters. The molecule has 90 valence electrons. The fraction of sp³-hybridized carbons (Fsp3) is 0.250. The first-order valence-corrected chi connectivity index (χ1v) is 7.25. The molecule has 0 amide bonds. The van der Waals surface area contributed by atoms with Gasteiger partial charge in [-0.25, -0.2) is 4.98 Å². The molecule has 2 aromatic rings. The van der Waals surface area contributed by atoms with E-state index in [4.69, 9.17) is 11.6 Å². The molecule has 1 atom stereocenters. The second kappa shape index (κ2) is 5.38. The van der Waals surface area contributed by atoms with Gasteiger partial charge in [0, 0.05) is 5.38 Å². The fourth-order valence-corrected chi connectivity index (χ4v) is 2.76. The van der Waals surface area contributed by atoms with Crippen LogP contribution in [-0.2, 0) is 0 Å². The van der Waals surface area contributed by atoms with E-state index in [1.165, 1.54) is 0 Å². The average Bonchev–Trinajstić information content (AvgIpc) is 2.72. The third-order valence-corrected chi connectivity index (χ3v) is 4.59. The van der Waals surface area contributed by atoms with Gasteiger partial charge in [0.05, 0.1) is 31.9 Å². The van der Waals surface area contributed by atoms with Gasteiger partial charge < -0.3 is 5.32 Å². The second-order valence-corrected chi connectivity index (χ2v) is 6.02. The van der Waals surface area contributed by atoms with E-state index >= 15 is 0 Å². The zero-order valence-corrected chi connectivity index (χ0v) is 12.7. The van der Waals surface area contributed by atoms with Crippen molar-refractivity contribution in [3.63, 3.8) is 0 Å². The maximum atomic E-state index is 6.05. The summed E-state index contributed by atoms with van der Waals surface area (Å²) in [5.74, 6) is 0. The number of thiazole rings is 1. The number of benzene rings is 1. The van der Waals surface area contributed by atoms with Crippen molar-refractivity contribution in [1.29, 1.82) is 0 Å². The summed E-state index contributed by atoms with van der Waals surface area (Å²) in [5, 5.41) is 7.26. The van der Waals surface area contributed by atoms with Crippen molar-refractivity contribution in [3.05, 3.63) is 43.8 Å². The lowest BCUT2D eigenvalue weighted by molar-refractivity contribution is 0.844. The Hall–Kier alpha value is -0.580. The minimum atomic E-state index is 0.162. The van der Waals surface area contributed by atoms with Crippen LogP contribution in [0.4, 0.5) is 5.69 Å². The summed E-state index contributed by atoms with van der Waals surface area (Å²) in [5.41, 5.74) is 2.04. The standard InChI is InChI=1S/C12H12BrClN2S/c1-7(11-6-17-8(2)16-11)15-10-5-3-4-9(14)12(10)13/h3-7,15H,1-2H3. The molecule has 1 aromatic heterocycles. The summed E-state index contributed by atoms with van der Waals surface area (Å²) in [4.78, 5) is 4.47. The van der Waals surface area contributed by atoms with Crippen molar-refractivity contribution < 1.29 is 0 Å². The lowest BCUT2D eigenvalue weighted by Crippen LogP contribution is -2.07. The van der Waals surface area contributed by atoms with E-state index in [0.29, 0.717) is 5.02 Å². The summed E-state index contributed by atoms with van der Waals surface area (Å²) in [6, 6.07) is 5.93. The third kappa shape index (κ3) is 3.00. The van der Waals surface area contributed by atoms with E-state index < -0.39 is 0 Å². The highest BCUT2D eigenvalue weighted by Crippen LogP contribution is 2.32. The van der Waals surface area contributed by atoms with Gasteiger partial charge in [0.25, 0.3) is 0 Å². The van der Waals surface area contributed by atoms with E-state index in [0.717, 1.165) is 20.9 Å². The first kappa shape index (κ1) is 12.9. The third-order valence-electron chi connectivity index (χ3n) is 2.40. The van der Waals surface area contributed by atoms with Crippen LogP contribution in [-0.4, -0.2) is 4.98 Å². The molecule has 0 fully saturated rings. The molecule has 0 saturated heterocycles. The molecule has 0 aliphatic carbocycles. The molecular formula is C12H12BrClN2S. The van der Waals surface area contributed by atoms with Gasteiger partial charge in [-0.15, -0.1) is 11.3 Å². The van der Waals surface area contributed by atoms with Crippen molar-refractivity contribution in [2.24, 2.45) is 0 Å². The molecule has 0 spiro atoms. The van der Waals surface area contributed by atoms with E-state index in [1.54, 1.807) is 11.3 Å². The number of nitrogens with zero attached hydrogens (tertiary/aromatic N) is 1. The van der Waals surface area contributed by atoms with Crippen LogP contribution < -0.4 is 5.32 Å². The predicted octanol–water partition coefficient (Wildman–Crippen LogP) is 5.04. The quantitative estimate of drug-likeness (QED) is 0.852. The fourth-order valence-electron chi connectivity index (χ4n) is 1.50. The Morgan fingerprint density at radius 3 is 2.88 bits per heavy atom. The van der Waals surface area contributed by atoms with Gasteiger partial charge in [0.15, 0.2) is 0 Å². The maximum absolute atomic E-state index is 6.05. The SMILES string of the molecule is Cc1nc(C(C)Nc2cccc(Cl)c2Br)cs1. The summed E-state index contributed by atoms with van der Waals surface area (Å²) in [6.45, 7) is 4.10. The van der Waals surface area contributed by atoms with Gasteiger partial charge in [-0.3, -0.25) is 0 Å². The summed E-state index contributed by atoms with van der Waals surface area (Å²) in [6.07, 6.45) is 0. The first-order chi connectivity index (χ1) is 8.08. The van der Waals surface area contributed by atoms with Crippen LogP contribution in [0.5, 0.6) is 0 Å². The van der Waals surface area contributed by atoms with Crippen molar-refractivity contribution >= 4 is 44.6 Å². The number of hydrogen-bond acceptors (Lipinski definition) is 3. The smallest absolute Gasteiger partial charge is 0.0898 e. The molecule has 0 aliphatic heterocycles. The van der Waals surface area contributed by atoms with Gasteiger partial charge in [-0.1, -0.05) is 17.7 Å². The van der Waals surface area contributed by atoms with Gasteiger partial charge >= 0.3 is 0 Å². The molecule has 1 N–H and O–H groups in total. The lowest BCUT2D eigenvalue weighted by atomic mass is 10.2. The number of aromatic nitrogens is 1. The maximum Gasteiger partial charge on any atom is 0.0898 e. The molecule has 2 rings (SSSR count). The molecule has 1 heterocycles. The first-order valence-electron chi connectivity index (χ1n) is 5.20. The van der Waals surface area contributed by atoms with Crippen molar-refractivity contribution in [1.82, 2.24) is 4.98 Å². The Balaban J connectivity index is 2.18. The highest BCUT2D eigenvalue weighted by molar-refractivity contribution is 9.10. The van der Waals surface area contributed by atoms with Crippen LogP contribution in [0.2, 0.25) is 5.02 Å². The van der Waals surface area contributed by atoms with Crippen LogP contribution in [0.3, 0.4) is 0 Å². The number of anilines is 1. The number of nitrogens with one attached hydrogen (secondary N) is 1. The van der Waals surface area contributed by atoms with Crippen LogP contribution in [0, 0.1) is 6.92 Å². The van der Waals surface area contributed by atoms with Crippen LogP contribution in [0.1, 0.15) is 23.7 Å². The minimum absolute atomic E-state index is 0.162. The molecular weight excluding hydrogens is 320 g/mol. The van der Waals surface area contributed by atoms with E-state index in [9.17, 15) is 0 Å². The minimum Gasteiger partial charge on any atom is -0.376 e. The van der Waals surface area contributed by atoms with Crippen LogP contribution in [0.15, 0.2) is 28.1 Å². The molecule has 2 nitrogen and oxygen atoms in total. The predicted molar refractivity (Wildman–Crippen MR) is 78.0 cm³/mol. The normalized spacial score (nSPS) is 12.5. The van der Waals surface area contributed by atoms with Gasteiger partial charge in [-0.05, 0) is 41.9 Å². The topological polar surface area (TPSA) is 24.9 Å². The van der Waals surface area contributed by atoms with E-state index in [2.05, 4.69) is 38.5 Å². The molecule has 0 saturated carbocycles.